The Bertz CT molecular complexity index is 496. The predicted octanol–water partition coefficient (Wildman–Crippen LogP) is 1.58. The zero-order valence-corrected chi connectivity index (χ0v) is 9.17. The van der Waals surface area contributed by atoms with E-state index in [2.05, 4.69) is 30.6 Å². The molecule has 1 aliphatic carbocycles. The van der Waals surface area contributed by atoms with E-state index in [-0.39, 0.29) is 0 Å². The number of nitrogens with one attached hydrogen (secondary N) is 2. The fourth-order valence-electron chi connectivity index (χ4n) is 1.42. The summed E-state index contributed by atoms with van der Waals surface area (Å²) in [5, 5.41) is 6.34. The smallest absolute Gasteiger partial charge is 0.230 e. The van der Waals surface area contributed by atoms with Crippen molar-refractivity contribution in [3.63, 3.8) is 0 Å². The Kier molecular flexibility index (Phi) is 2.53. The van der Waals surface area contributed by atoms with Crippen LogP contribution in [-0.4, -0.2) is 26.0 Å². The van der Waals surface area contributed by atoms with Gasteiger partial charge in [-0.2, -0.15) is 4.98 Å². The lowest BCUT2D eigenvalue weighted by Crippen LogP contribution is -2.05. The molecule has 0 unspecified atom stereocenters. The summed E-state index contributed by atoms with van der Waals surface area (Å²) >= 11 is 0. The molecule has 0 radical (unpaired) electrons. The minimum absolute atomic E-state index is 0.536. The van der Waals surface area contributed by atoms with Gasteiger partial charge in [-0.3, -0.25) is 0 Å². The summed E-state index contributed by atoms with van der Waals surface area (Å²) < 4.78 is 0. The van der Waals surface area contributed by atoms with Crippen LogP contribution in [0.1, 0.15) is 12.8 Å². The van der Waals surface area contributed by atoms with Crippen LogP contribution in [0.2, 0.25) is 0 Å². The summed E-state index contributed by atoms with van der Waals surface area (Å²) in [6.07, 6.45) is 7.31. The van der Waals surface area contributed by atoms with E-state index in [1.807, 2.05) is 6.07 Å². The van der Waals surface area contributed by atoms with Crippen LogP contribution in [0.3, 0.4) is 0 Å². The highest BCUT2D eigenvalue weighted by atomic mass is 15.2. The van der Waals surface area contributed by atoms with Gasteiger partial charge >= 0.3 is 0 Å². The van der Waals surface area contributed by atoms with Crippen molar-refractivity contribution in [2.75, 3.05) is 10.6 Å². The lowest BCUT2D eigenvalue weighted by molar-refractivity contribution is 1.07. The average Bonchev–Trinajstić information content (AvgIpc) is 3.15. The Hall–Kier alpha value is -2.24. The Morgan fingerprint density at radius 1 is 1.06 bits per heavy atom. The van der Waals surface area contributed by atoms with Crippen LogP contribution in [0.25, 0.3) is 0 Å². The van der Waals surface area contributed by atoms with Crippen molar-refractivity contribution in [3.8, 4) is 0 Å². The summed E-state index contributed by atoms with van der Waals surface area (Å²) in [4.78, 5) is 16.4. The number of aromatic nitrogens is 4. The van der Waals surface area contributed by atoms with Crippen LogP contribution in [0.4, 0.5) is 17.6 Å². The van der Waals surface area contributed by atoms with Crippen molar-refractivity contribution >= 4 is 17.6 Å². The Morgan fingerprint density at radius 2 is 1.94 bits per heavy atom. The first-order valence-corrected chi connectivity index (χ1v) is 5.53. The molecule has 2 N–H and O–H groups in total. The quantitative estimate of drug-likeness (QED) is 0.827. The van der Waals surface area contributed by atoms with E-state index in [9.17, 15) is 0 Å². The fourth-order valence-corrected chi connectivity index (χ4v) is 1.42. The second-order valence-electron chi connectivity index (χ2n) is 3.90. The second-order valence-corrected chi connectivity index (χ2v) is 3.90. The monoisotopic (exact) mass is 228 g/mol. The number of hydrogen-bond donors (Lipinski definition) is 2. The van der Waals surface area contributed by atoms with Crippen LogP contribution in [0.5, 0.6) is 0 Å². The molecule has 0 aliphatic heterocycles. The summed E-state index contributed by atoms with van der Waals surface area (Å²) in [6, 6.07) is 4.21. The van der Waals surface area contributed by atoms with E-state index < -0.39 is 0 Å². The van der Waals surface area contributed by atoms with Crippen molar-refractivity contribution < 1.29 is 0 Å². The summed E-state index contributed by atoms with van der Waals surface area (Å²) in [5.74, 6) is 2.07. The van der Waals surface area contributed by atoms with Gasteiger partial charge in [0.25, 0.3) is 0 Å². The molecule has 0 spiro atoms. The molecule has 0 saturated heterocycles. The van der Waals surface area contributed by atoms with Crippen LogP contribution in [0, 0.1) is 0 Å². The van der Waals surface area contributed by atoms with Crippen LogP contribution in [-0.2, 0) is 0 Å². The van der Waals surface area contributed by atoms with Gasteiger partial charge in [0.15, 0.2) is 0 Å². The van der Waals surface area contributed by atoms with Crippen LogP contribution < -0.4 is 10.6 Å². The summed E-state index contributed by atoms with van der Waals surface area (Å²) in [7, 11) is 0. The van der Waals surface area contributed by atoms with E-state index in [1.165, 1.54) is 19.2 Å². The van der Waals surface area contributed by atoms with Crippen molar-refractivity contribution in [2.45, 2.75) is 18.9 Å². The molecule has 6 nitrogen and oxygen atoms in total. The molecule has 0 atom stereocenters. The Labute approximate surface area is 98.6 Å². The van der Waals surface area contributed by atoms with Crippen LogP contribution >= 0.6 is 0 Å². The first kappa shape index (κ1) is 9.95. The number of rotatable bonds is 4. The maximum atomic E-state index is 4.35. The van der Waals surface area contributed by atoms with Gasteiger partial charge in [0, 0.05) is 18.4 Å². The molecule has 2 heterocycles. The largest absolute Gasteiger partial charge is 0.367 e. The third-order valence-electron chi connectivity index (χ3n) is 2.41. The number of anilines is 3. The topological polar surface area (TPSA) is 75.6 Å². The molecular weight excluding hydrogens is 216 g/mol. The normalized spacial score (nSPS) is 14.4. The first-order valence-electron chi connectivity index (χ1n) is 5.53. The highest BCUT2D eigenvalue weighted by Crippen LogP contribution is 2.23. The van der Waals surface area contributed by atoms with Gasteiger partial charge in [-0.25, -0.2) is 15.0 Å². The van der Waals surface area contributed by atoms with Gasteiger partial charge in [-0.05, 0) is 25.0 Å². The van der Waals surface area contributed by atoms with E-state index in [4.69, 9.17) is 0 Å². The molecule has 1 fully saturated rings. The van der Waals surface area contributed by atoms with Crippen molar-refractivity contribution in [1.82, 2.24) is 19.9 Å². The minimum Gasteiger partial charge on any atom is -0.367 e. The van der Waals surface area contributed by atoms with Gasteiger partial charge in [-0.1, -0.05) is 0 Å². The standard InChI is InChI=1S/C11H12N6/c1-2-8(1)15-10-4-6-13-11(17-10)16-9-3-5-12-7-14-9/h3-8H,1-2H2,(H2,12,13,14,15,16,17). The molecule has 6 heteroatoms. The van der Waals surface area contributed by atoms with Crippen molar-refractivity contribution in [1.29, 1.82) is 0 Å². The summed E-state index contributed by atoms with van der Waals surface area (Å²) in [6.45, 7) is 0. The van der Waals surface area contributed by atoms with Gasteiger partial charge < -0.3 is 10.6 Å². The van der Waals surface area contributed by atoms with E-state index >= 15 is 0 Å². The average molecular weight is 228 g/mol. The molecule has 86 valence electrons. The molecule has 0 bridgehead atoms. The molecule has 2 aromatic heterocycles. The van der Waals surface area contributed by atoms with E-state index in [1.54, 1.807) is 18.5 Å². The predicted molar refractivity (Wildman–Crippen MR) is 64.0 cm³/mol. The van der Waals surface area contributed by atoms with Gasteiger partial charge in [0.2, 0.25) is 5.95 Å². The minimum atomic E-state index is 0.536. The number of hydrogen-bond acceptors (Lipinski definition) is 6. The molecule has 17 heavy (non-hydrogen) atoms. The maximum Gasteiger partial charge on any atom is 0.230 e. The first-order chi connectivity index (χ1) is 8.40. The number of nitrogens with zero attached hydrogens (tertiary/aromatic N) is 4. The molecule has 0 amide bonds. The third kappa shape index (κ3) is 2.66. The molecule has 1 saturated carbocycles. The van der Waals surface area contributed by atoms with Gasteiger partial charge in [0.05, 0.1) is 0 Å². The van der Waals surface area contributed by atoms with E-state index in [0.717, 1.165) is 5.82 Å². The molecular formula is C11H12N6. The zero-order chi connectivity index (χ0) is 11.5. The molecule has 2 aromatic rings. The highest BCUT2D eigenvalue weighted by molar-refractivity contribution is 5.49. The van der Waals surface area contributed by atoms with E-state index in [0.29, 0.717) is 17.8 Å². The van der Waals surface area contributed by atoms with Gasteiger partial charge in [-0.15, -0.1) is 0 Å². The second kappa shape index (κ2) is 4.32. The molecule has 3 rings (SSSR count). The van der Waals surface area contributed by atoms with Crippen LogP contribution in [0.15, 0.2) is 30.9 Å². The Morgan fingerprint density at radius 3 is 2.71 bits per heavy atom. The lowest BCUT2D eigenvalue weighted by atomic mass is 10.5. The zero-order valence-electron chi connectivity index (χ0n) is 9.17. The highest BCUT2D eigenvalue weighted by Gasteiger charge is 2.21. The fraction of sp³-hybridized carbons (Fsp3) is 0.273. The lowest BCUT2D eigenvalue weighted by Gasteiger charge is -2.06. The third-order valence-corrected chi connectivity index (χ3v) is 2.41. The summed E-state index contributed by atoms with van der Waals surface area (Å²) in [5.41, 5.74) is 0. The molecule has 1 aliphatic rings. The SMILES string of the molecule is c1cc(Nc2nccc(NC3CC3)n2)ncn1. The van der Waals surface area contributed by atoms with Gasteiger partial charge in [0.1, 0.15) is 18.0 Å². The Balaban J connectivity index is 1.73. The van der Waals surface area contributed by atoms with Crippen molar-refractivity contribution in [2.24, 2.45) is 0 Å². The van der Waals surface area contributed by atoms with Crippen molar-refractivity contribution in [3.05, 3.63) is 30.9 Å². The maximum absolute atomic E-state index is 4.35. The molecule has 0 aromatic carbocycles.